The number of aromatic nitrogens is 2. The quantitative estimate of drug-likeness (QED) is 0.207. The van der Waals surface area contributed by atoms with E-state index in [2.05, 4.69) is 80.2 Å². The predicted molar refractivity (Wildman–Crippen MR) is 149 cm³/mol. The van der Waals surface area contributed by atoms with Crippen molar-refractivity contribution < 1.29 is 0 Å². The smallest absolute Gasteiger partial charge is 0.166 e. The first-order chi connectivity index (χ1) is 17.0. The molecule has 3 aromatic rings. The lowest BCUT2D eigenvalue weighted by molar-refractivity contribution is 0.420. The van der Waals surface area contributed by atoms with Crippen molar-refractivity contribution >= 4 is 16.7 Å². The Balaban J connectivity index is 1.81. The van der Waals surface area contributed by atoms with Crippen LogP contribution in [0.2, 0.25) is 0 Å². The van der Waals surface area contributed by atoms with E-state index in [0.29, 0.717) is 11.7 Å². The Kier molecular flexibility index (Phi) is 8.22. The standard InChI is InChI=1S/C31H42N4/c1-5-10-22-11-8-7-9-12-23(14-13-22)27-21-25-19-20-33-30(35-32)29(25)34-28(27)24-15-17-26(18-16-24)31(3,4)6-2/h5,15-23H,1,6-14,32H2,2-4H3,(H,33,35). The summed E-state index contributed by atoms with van der Waals surface area (Å²) in [6.07, 6.45) is 15.1. The molecule has 0 bridgehead atoms. The number of allylic oxidation sites excluding steroid dienone is 1. The molecule has 3 N–H and O–H groups in total. The summed E-state index contributed by atoms with van der Waals surface area (Å²) >= 11 is 0. The Bertz CT molecular complexity index is 1130. The lowest BCUT2D eigenvalue weighted by Gasteiger charge is -2.25. The molecular weight excluding hydrogens is 428 g/mol. The third-order valence-electron chi connectivity index (χ3n) is 8.25. The SMILES string of the molecule is C=CCC1CCCCCC(c2cc3ccnc(NN)c3nc2-c2ccc(C(C)(C)CC)cc2)CC1. The van der Waals surface area contributed by atoms with Gasteiger partial charge in [0.2, 0.25) is 0 Å². The zero-order valence-electron chi connectivity index (χ0n) is 21.8. The summed E-state index contributed by atoms with van der Waals surface area (Å²) in [6, 6.07) is 13.5. The van der Waals surface area contributed by atoms with Gasteiger partial charge in [0.05, 0.1) is 5.69 Å². The number of anilines is 1. The highest BCUT2D eigenvalue weighted by atomic mass is 15.3. The Morgan fingerprint density at radius 1 is 1.06 bits per heavy atom. The average Bonchev–Trinajstić information content (AvgIpc) is 3.00. The molecule has 2 unspecified atom stereocenters. The van der Waals surface area contributed by atoms with Crippen molar-refractivity contribution in [3.63, 3.8) is 0 Å². The van der Waals surface area contributed by atoms with Crippen LogP contribution < -0.4 is 11.3 Å². The largest absolute Gasteiger partial charge is 0.307 e. The van der Waals surface area contributed by atoms with Crippen LogP contribution in [0.5, 0.6) is 0 Å². The molecule has 4 nitrogen and oxygen atoms in total. The third kappa shape index (κ3) is 5.75. The Morgan fingerprint density at radius 3 is 2.54 bits per heavy atom. The second-order valence-electron chi connectivity index (χ2n) is 10.9. The highest BCUT2D eigenvalue weighted by Gasteiger charge is 2.23. The molecule has 0 aliphatic heterocycles. The summed E-state index contributed by atoms with van der Waals surface area (Å²) in [5, 5.41) is 1.10. The number of fused-ring (bicyclic) bond motifs is 1. The summed E-state index contributed by atoms with van der Waals surface area (Å²) < 4.78 is 0. The molecule has 0 saturated heterocycles. The van der Waals surface area contributed by atoms with E-state index in [9.17, 15) is 0 Å². The number of pyridine rings is 2. The van der Waals surface area contributed by atoms with Crippen LogP contribution in [0.3, 0.4) is 0 Å². The number of nitrogens with one attached hydrogen (secondary N) is 1. The molecule has 0 radical (unpaired) electrons. The summed E-state index contributed by atoms with van der Waals surface area (Å²) in [4.78, 5) is 9.64. The maximum absolute atomic E-state index is 5.81. The van der Waals surface area contributed by atoms with Crippen molar-refractivity contribution in [3.8, 4) is 11.3 Å². The van der Waals surface area contributed by atoms with Crippen LogP contribution >= 0.6 is 0 Å². The molecule has 1 saturated carbocycles. The van der Waals surface area contributed by atoms with E-state index in [1.807, 2.05) is 6.20 Å². The highest BCUT2D eigenvalue weighted by molar-refractivity contribution is 5.91. The van der Waals surface area contributed by atoms with Gasteiger partial charge in [-0.1, -0.05) is 76.8 Å². The lowest BCUT2D eigenvalue weighted by atomic mass is 9.81. The van der Waals surface area contributed by atoms with Gasteiger partial charge in [-0.15, -0.1) is 6.58 Å². The lowest BCUT2D eigenvalue weighted by Crippen LogP contribution is -2.15. The number of nitrogen functional groups attached to an aromatic ring is 1. The van der Waals surface area contributed by atoms with Gasteiger partial charge >= 0.3 is 0 Å². The predicted octanol–water partition coefficient (Wildman–Crippen LogP) is 8.29. The van der Waals surface area contributed by atoms with Crippen molar-refractivity contribution in [1.29, 1.82) is 0 Å². The molecule has 1 aliphatic rings. The topological polar surface area (TPSA) is 63.8 Å². The molecule has 186 valence electrons. The second kappa shape index (κ2) is 11.3. The van der Waals surface area contributed by atoms with Gasteiger partial charge in [-0.2, -0.15) is 0 Å². The Hall–Kier alpha value is -2.72. The van der Waals surface area contributed by atoms with Crippen molar-refractivity contribution in [1.82, 2.24) is 9.97 Å². The molecule has 4 heteroatoms. The van der Waals surface area contributed by atoms with Gasteiger partial charge in [0.25, 0.3) is 0 Å². The maximum Gasteiger partial charge on any atom is 0.166 e. The molecule has 2 atom stereocenters. The number of hydrogen-bond acceptors (Lipinski definition) is 4. The Labute approximate surface area is 211 Å². The van der Waals surface area contributed by atoms with E-state index in [0.717, 1.165) is 35.4 Å². The molecule has 1 aromatic carbocycles. The highest BCUT2D eigenvalue weighted by Crippen LogP contribution is 2.40. The number of hydrogen-bond donors (Lipinski definition) is 2. The fourth-order valence-corrected chi connectivity index (χ4v) is 5.56. The van der Waals surface area contributed by atoms with Gasteiger partial charge in [-0.25, -0.2) is 15.8 Å². The van der Waals surface area contributed by atoms with Gasteiger partial charge in [0.15, 0.2) is 5.82 Å². The van der Waals surface area contributed by atoms with Crippen LogP contribution in [-0.2, 0) is 5.41 Å². The van der Waals surface area contributed by atoms with Gasteiger partial charge in [0, 0.05) is 17.1 Å². The van der Waals surface area contributed by atoms with Crippen molar-refractivity contribution in [2.45, 2.75) is 89.9 Å². The first-order valence-electron chi connectivity index (χ1n) is 13.4. The molecule has 35 heavy (non-hydrogen) atoms. The normalized spacial score (nSPS) is 19.5. The third-order valence-corrected chi connectivity index (χ3v) is 8.25. The zero-order valence-corrected chi connectivity index (χ0v) is 21.8. The van der Waals surface area contributed by atoms with Crippen molar-refractivity contribution in [2.24, 2.45) is 11.8 Å². The second-order valence-corrected chi connectivity index (χ2v) is 10.9. The van der Waals surface area contributed by atoms with E-state index in [-0.39, 0.29) is 5.41 Å². The monoisotopic (exact) mass is 470 g/mol. The number of hydrazine groups is 1. The fourth-order valence-electron chi connectivity index (χ4n) is 5.56. The van der Waals surface area contributed by atoms with E-state index < -0.39 is 0 Å². The molecule has 1 fully saturated rings. The van der Waals surface area contributed by atoms with Gasteiger partial charge in [0.1, 0.15) is 5.52 Å². The summed E-state index contributed by atoms with van der Waals surface area (Å²) in [6.45, 7) is 10.9. The van der Waals surface area contributed by atoms with Crippen LogP contribution in [0.4, 0.5) is 5.82 Å². The first kappa shape index (κ1) is 25.4. The first-order valence-corrected chi connectivity index (χ1v) is 13.4. The van der Waals surface area contributed by atoms with Crippen LogP contribution in [0.1, 0.15) is 95.6 Å². The number of benzene rings is 1. The average molecular weight is 471 g/mol. The van der Waals surface area contributed by atoms with Crippen LogP contribution in [0, 0.1) is 5.92 Å². The maximum atomic E-state index is 5.81. The molecule has 0 amide bonds. The number of nitrogens with two attached hydrogens (primary N) is 1. The molecule has 0 spiro atoms. The van der Waals surface area contributed by atoms with E-state index in [1.165, 1.54) is 61.6 Å². The summed E-state index contributed by atoms with van der Waals surface area (Å²) in [5.41, 5.74) is 8.73. The minimum atomic E-state index is 0.163. The summed E-state index contributed by atoms with van der Waals surface area (Å²) in [5.74, 6) is 7.68. The fraction of sp³-hybridized carbons (Fsp3) is 0.484. The van der Waals surface area contributed by atoms with E-state index in [4.69, 9.17) is 10.8 Å². The zero-order chi connectivity index (χ0) is 24.8. The molecule has 1 aliphatic carbocycles. The number of rotatable bonds is 7. The van der Waals surface area contributed by atoms with Crippen LogP contribution in [0.15, 0.2) is 55.3 Å². The minimum Gasteiger partial charge on any atom is -0.307 e. The van der Waals surface area contributed by atoms with Gasteiger partial charge in [-0.3, -0.25) is 0 Å². The minimum absolute atomic E-state index is 0.163. The van der Waals surface area contributed by atoms with Crippen molar-refractivity contribution in [3.05, 3.63) is 66.4 Å². The van der Waals surface area contributed by atoms with Crippen molar-refractivity contribution in [2.75, 3.05) is 5.43 Å². The van der Waals surface area contributed by atoms with E-state index >= 15 is 0 Å². The van der Waals surface area contributed by atoms with Crippen LogP contribution in [-0.4, -0.2) is 9.97 Å². The molecule has 4 rings (SSSR count). The summed E-state index contributed by atoms with van der Waals surface area (Å²) in [7, 11) is 0. The number of nitrogens with zero attached hydrogens (tertiary/aromatic N) is 2. The van der Waals surface area contributed by atoms with Gasteiger partial charge < -0.3 is 5.43 Å². The van der Waals surface area contributed by atoms with E-state index in [1.54, 1.807) is 0 Å². The van der Waals surface area contributed by atoms with Gasteiger partial charge in [-0.05, 0) is 72.6 Å². The van der Waals surface area contributed by atoms with Crippen LogP contribution in [0.25, 0.3) is 22.2 Å². The molecule has 2 heterocycles. The molecular formula is C31H42N4. The Morgan fingerprint density at radius 2 is 1.83 bits per heavy atom. The molecule has 2 aromatic heterocycles.